The van der Waals surface area contributed by atoms with Gasteiger partial charge in [0.15, 0.2) is 11.5 Å². The third-order valence-corrected chi connectivity index (χ3v) is 2.19. The van der Waals surface area contributed by atoms with Crippen molar-refractivity contribution in [1.82, 2.24) is 5.32 Å². The Kier molecular flexibility index (Phi) is 3.30. The van der Waals surface area contributed by atoms with Crippen molar-refractivity contribution in [2.24, 2.45) is 0 Å². The summed E-state index contributed by atoms with van der Waals surface area (Å²) in [5.41, 5.74) is 0.490. The van der Waals surface area contributed by atoms with E-state index in [0.29, 0.717) is 5.56 Å². The first kappa shape index (κ1) is 10.8. The van der Waals surface area contributed by atoms with Crippen LogP contribution in [0.15, 0.2) is 12.1 Å². The van der Waals surface area contributed by atoms with Crippen LogP contribution in [0.3, 0.4) is 0 Å². The van der Waals surface area contributed by atoms with Crippen LogP contribution in [0.5, 0.6) is 11.5 Å². The van der Waals surface area contributed by atoms with E-state index in [-0.39, 0.29) is 17.5 Å². The molecule has 4 heteroatoms. The Hall–Kier alpha value is -1.29. The first-order valence-electron chi connectivity index (χ1n) is 4.33. The molecule has 78 valence electrons. The lowest BCUT2D eigenvalue weighted by Crippen LogP contribution is -2.12. The topological polar surface area (TPSA) is 41.5 Å². The molecule has 0 spiro atoms. The summed E-state index contributed by atoms with van der Waals surface area (Å²) in [6, 6.07) is 2.32. The number of ether oxygens (including phenoxy) is 1. The first-order valence-corrected chi connectivity index (χ1v) is 4.33. The third-order valence-electron chi connectivity index (χ3n) is 2.19. The van der Waals surface area contributed by atoms with Gasteiger partial charge in [0, 0.05) is 17.7 Å². The molecule has 0 aliphatic carbocycles. The van der Waals surface area contributed by atoms with Gasteiger partial charge in [0.05, 0.1) is 7.11 Å². The molecule has 3 nitrogen and oxygen atoms in total. The van der Waals surface area contributed by atoms with Gasteiger partial charge in [-0.15, -0.1) is 0 Å². The van der Waals surface area contributed by atoms with Gasteiger partial charge in [0.25, 0.3) is 0 Å². The highest BCUT2D eigenvalue weighted by Crippen LogP contribution is 2.34. The van der Waals surface area contributed by atoms with E-state index in [4.69, 9.17) is 4.74 Å². The molecular weight excluding hydrogens is 185 g/mol. The SMILES string of the molecule is CN[C@@H](C)c1cc(F)cc(OC)c1O. The number of hydrogen-bond acceptors (Lipinski definition) is 3. The zero-order valence-corrected chi connectivity index (χ0v) is 8.47. The Balaban J connectivity index is 3.21. The summed E-state index contributed by atoms with van der Waals surface area (Å²) in [4.78, 5) is 0. The number of methoxy groups -OCH3 is 1. The molecule has 0 amide bonds. The van der Waals surface area contributed by atoms with Gasteiger partial charge in [-0.1, -0.05) is 0 Å². The molecule has 0 saturated heterocycles. The Bertz CT molecular complexity index is 328. The van der Waals surface area contributed by atoms with E-state index in [9.17, 15) is 9.50 Å². The summed E-state index contributed by atoms with van der Waals surface area (Å²) < 4.78 is 17.9. The van der Waals surface area contributed by atoms with E-state index in [1.165, 1.54) is 13.2 Å². The van der Waals surface area contributed by atoms with Gasteiger partial charge in [0.2, 0.25) is 0 Å². The largest absolute Gasteiger partial charge is 0.504 e. The Labute approximate surface area is 82.5 Å². The van der Waals surface area contributed by atoms with Crippen LogP contribution in [-0.4, -0.2) is 19.3 Å². The summed E-state index contributed by atoms with van der Waals surface area (Å²) in [7, 11) is 3.13. The molecule has 0 saturated carbocycles. The van der Waals surface area contributed by atoms with E-state index in [0.717, 1.165) is 6.07 Å². The number of aromatic hydroxyl groups is 1. The van der Waals surface area contributed by atoms with Crippen LogP contribution in [0.4, 0.5) is 4.39 Å². The van der Waals surface area contributed by atoms with Crippen molar-refractivity contribution in [2.75, 3.05) is 14.2 Å². The number of halogens is 1. The lowest BCUT2D eigenvalue weighted by Gasteiger charge is -2.14. The quantitative estimate of drug-likeness (QED) is 0.780. The molecule has 0 bridgehead atoms. The highest BCUT2D eigenvalue weighted by atomic mass is 19.1. The molecular formula is C10H14FNO2. The molecule has 0 aliphatic rings. The highest BCUT2D eigenvalue weighted by molar-refractivity contribution is 5.47. The van der Waals surface area contributed by atoms with E-state index >= 15 is 0 Å². The maximum atomic E-state index is 13.1. The molecule has 0 radical (unpaired) electrons. The fraction of sp³-hybridized carbons (Fsp3) is 0.400. The summed E-state index contributed by atoms with van der Waals surface area (Å²) in [6.07, 6.45) is 0. The summed E-state index contributed by atoms with van der Waals surface area (Å²) in [6.45, 7) is 1.83. The second kappa shape index (κ2) is 4.28. The summed E-state index contributed by atoms with van der Waals surface area (Å²) in [5, 5.41) is 12.6. The fourth-order valence-corrected chi connectivity index (χ4v) is 1.24. The Morgan fingerprint density at radius 1 is 1.50 bits per heavy atom. The first-order chi connectivity index (χ1) is 6.60. The zero-order valence-electron chi connectivity index (χ0n) is 8.47. The van der Waals surface area contributed by atoms with Gasteiger partial charge in [-0.25, -0.2) is 4.39 Å². The smallest absolute Gasteiger partial charge is 0.163 e. The molecule has 1 aromatic carbocycles. The Morgan fingerprint density at radius 2 is 2.14 bits per heavy atom. The van der Waals surface area contributed by atoms with Gasteiger partial charge in [-0.2, -0.15) is 0 Å². The highest BCUT2D eigenvalue weighted by Gasteiger charge is 2.14. The van der Waals surface area contributed by atoms with Crippen molar-refractivity contribution in [3.05, 3.63) is 23.5 Å². The van der Waals surface area contributed by atoms with Gasteiger partial charge in [-0.05, 0) is 20.0 Å². The number of hydrogen-bond donors (Lipinski definition) is 2. The number of phenols is 1. The van der Waals surface area contributed by atoms with Gasteiger partial charge < -0.3 is 15.2 Å². The van der Waals surface area contributed by atoms with Gasteiger partial charge in [-0.3, -0.25) is 0 Å². The minimum Gasteiger partial charge on any atom is -0.504 e. The molecule has 2 N–H and O–H groups in total. The lowest BCUT2D eigenvalue weighted by molar-refractivity contribution is 0.364. The average molecular weight is 199 g/mol. The van der Waals surface area contributed by atoms with Crippen LogP contribution in [-0.2, 0) is 0 Å². The van der Waals surface area contributed by atoms with Crippen LogP contribution >= 0.6 is 0 Å². The van der Waals surface area contributed by atoms with Gasteiger partial charge >= 0.3 is 0 Å². The lowest BCUT2D eigenvalue weighted by atomic mass is 10.1. The van der Waals surface area contributed by atoms with Crippen molar-refractivity contribution < 1.29 is 14.2 Å². The molecule has 0 unspecified atom stereocenters. The normalized spacial score (nSPS) is 12.6. The van der Waals surface area contributed by atoms with Gasteiger partial charge in [0.1, 0.15) is 5.82 Å². The number of nitrogens with one attached hydrogen (secondary N) is 1. The number of phenolic OH excluding ortho intramolecular Hbond substituents is 1. The molecule has 0 fully saturated rings. The number of rotatable bonds is 3. The fourth-order valence-electron chi connectivity index (χ4n) is 1.24. The van der Waals surface area contributed by atoms with Crippen LogP contribution < -0.4 is 10.1 Å². The molecule has 1 atom stereocenters. The van der Waals surface area contributed by atoms with Crippen molar-refractivity contribution in [2.45, 2.75) is 13.0 Å². The molecule has 0 aromatic heterocycles. The summed E-state index contributed by atoms with van der Waals surface area (Å²) >= 11 is 0. The van der Waals surface area contributed by atoms with Crippen molar-refractivity contribution in [3.63, 3.8) is 0 Å². The Morgan fingerprint density at radius 3 is 2.64 bits per heavy atom. The molecule has 0 heterocycles. The molecule has 14 heavy (non-hydrogen) atoms. The predicted molar refractivity (Wildman–Crippen MR) is 52.1 cm³/mol. The predicted octanol–water partition coefficient (Wildman–Crippen LogP) is 1.82. The van der Waals surface area contributed by atoms with E-state index in [1.807, 2.05) is 6.92 Å². The van der Waals surface area contributed by atoms with Crippen LogP contribution in [0.1, 0.15) is 18.5 Å². The van der Waals surface area contributed by atoms with Crippen LogP contribution in [0.2, 0.25) is 0 Å². The zero-order chi connectivity index (χ0) is 10.7. The van der Waals surface area contributed by atoms with Crippen LogP contribution in [0, 0.1) is 5.82 Å². The monoisotopic (exact) mass is 199 g/mol. The molecule has 1 rings (SSSR count). The maximum Gasteiger partial charge on any atom is 0.163 e. The molecule has 1 aromatic rings. The second-order valence-corrected chi connectivity index (χ2v) is 3.06. The van der Waals surface area contributed by atoms with Crippen molar-refractivity contribution >= 4 is 0 Å². The van der Waals surface area contributed by atoms with Crippen molar-refractivity contribution in [3.8, 4) is 11.5 Å². The second-order valence-electron chi connectivity index (χ2n) is 3.06. The van der Waals surface area contributed by atoms with Crippen molar-refractivity contribution in [1.29, 1.82) is 0 Å². The third kappa shape index (κ3) is 1.96. The van der Waals surface area contributed by atoms with E-state index in [2.05, 4.69) is 5.32 Å². The minimum absolute atomic E-state index is 0.0178. The maximum absolute atomic E-state index is 13.1. The minimum atomic E-state index is -0.420. The number of benzene rings is 1. The average Bonchev–Trinajstić information content (AvgIpc) is 2.19. The molecule has 0 aliphatic heterocycles. The standard InChI is InChI=1S/C10H14FNO2/c1-6(12-2)8-4-7(11)5-9(14-3)10(8)13/h4-6,12-13H,1-3H3/t6-/m0/s1. The van der Waals surface area contributed by atoms with Crippen LogP contribution in [0.25, 0.3) is 0 Å². The van der Waals surface area contributed by atoms with E-state index in [1.54, 1.807) is 7.05 Å². The van der Waals surface area contributed by atoms with E-state index < -0.39 is 5.82 Å². The summed E-state index contributed by atoms with van der Waals surface area (Å²) in [5.74, 6) is -0.283.